The highest BCUT2D eigenvalue weighted by Gasteiger charge is 2.08. The minimum atomic E-state index is -0.686. The number of hydrogen-bond donors (Lipinski definition) is 0. The number of alkyl halides is 2. The Morgan fingerprint density at radius 1 is 1.43 bits per heavy atom. The molecule has 0 aromatic heterocycles. The van der Waals surface area contributed by atoms with Crippen LogP contribution in [0.2, 0.25) is 0 Å². The van der Waals surface area contributed by atoms with Gasteiger partial charge in [0.25, 0.3) is 0 Å². The molecule has 0 saturated carbocycles. The Kier molecular flexibility index (Phi) is 2.70. The maximum Gasteiger partial charge on any atom is 0.133 e. The molecule has 0 aromatic carbocycles. The molecule has 0 amide bonds. The fraction of sp³-hybridized carbons (Fsp3) is 0.600. The van der Waals surface area contributed by atoms with E-state index < -0.39 is 4.33 Å². The molecule has 0 saturated heterocycles. The third-order valence-electron chi connectivity index (χ3n) is 0.459. The zero-order valence-electron chi connectivity index (χ0n) is 4.41. The SMILES string of the molecule is CC=CC(C)(Cl)Cl. The highest BCUT2D eigenvalue weighted by molar-refractivity contribution is 6.49. The molecule has 0 aliphatic rings. The first-order valence-electron chi connectivity index (χ1n) is 2.08. The summed E-state index contributed by atoms with van der Waals surface area (Å²) in [5.74, 6) is 0. The van der Waals surface area contributed by atoms with E-state index in [1.165, 1.54) is 0 Å². The molecular weight excluding hydrogens is 131 g/mol. The van der Waals surface area contributed by atoms with Gasteiger partial charge < -0.3 is 0 Å². The van der Waals surface area contributed by atoms with Crippen LogP contribution in [0.1, 0.15) is 13.8 Å². The van der Waals surface area contributed by atoms with Crippen molar-refractivity contribution in [1.29, 1.82) is 0 Å². The predicted molar refractivity (Wildman–Crippen MR) is 34.9 cm³/mol. The first-order chi connectivity index (χ1) is 3.06. The normalized spacial score (nSPS) is 13.1. The van der Waals surface area contributed by atoms with Gasteiger partial charge in [-0.15, -0.1) is 0 Å². The lowest BCUT2D eigenvalue weighted by molar-refractivity contribution is 1.11. The molecule has 0 aliphatic heterocycles. The lowest BCUT2D eigenvalue weighted by Gasteiger charge is -2.02. The molecule has 0 heterocycles. The lowest BCUT2D eigenvalue weighted by Crippen LogP contribution is -1.97. The Labute approximate surface area is 54.1 Å². The molecule has 0 N–H and O–H groups in total. The molecule has 0 aromatic rings. The van der Waals surface area contributed by atoms with Gasteiger partial charge in [0.05, 0.1) is 0 Å². The van der Waals surface area contributed by atoms with E-state index in [1.54, 1.807) is 13.0 Å². The summed E-state index contributed by atoms with van der Waals surface area (Å²) in [7, 11) is 0. The quantitative estimate of drug-likeness (QED) is 0.387. The molecule has 2 heteroatoms. The van der Waals surface area contributed by atoms with Crippen molar-refractivity contribution in [2.24, 2.45) is 0 Å². The van der Waals surface area contributed by atoms with Crippen molar-refractivity contribution in [1.82, 2.24) is 0 Å². The molecule has 0 rings (SSSR count). The van der Waals surface area contributed by atoms with Crippen LogP contribution in [-0.4, -0.2) is 4.33 Å². The van der Waals surface area contributed by atoms with Crippen LogP contribution in [0, 0.1) is 0 Å². The van der Waals surface area contributed by atoms with Gasteiger partial charge in [-0.05, 0) is 13.8 Å². The van der Waals surface area contributed by atoms with E-state index in [9.17, 15) is 0 Å². The standard InChI is InChI=1S/C5H8Cl2/c1-3-4-5(2,6)7/h3-4H,1-2H3. The molecule has 42 valence electrons. The molecule has 7 heavy (non-hydrogen) atoms. The Morgan fingerprint density at radius 2 is 1.86 bits per heavy atom. The second-order valence-corrected chi connectivity index (χ2v) is 3.22. The van der Waals surface area contributed by atoms with E-state index >= 15 is 0 Å². The van der Waals surface area contributed by atoms with Crippen molar-refractivity contribution in [2.45, 2.75) is 18.2 Å². The summed E-state index contributed by atoms with van der Waals surface area (Å²) in [6.45, 7) is 3.60. The second-order valence-electron chi connectivity index (χ2n) is 1.46. The van der Waals surface area contributed by atoms with Crippen molar-refractivity contribution in [3.05, 3.63) is 12.2 Å². The largest absolute Gasteiger partial charge is 0.133 e. The Morgan fingerprint density at radius 3 is 1.86 bits per heavy atom. The van der Waals surface area contributed by atoms with E-state index in [2.05, 4.69) is 0 Å². The van der Waals surface area contributed by atoms with Crippen molar-refractivity contribution in [3.63, 3.8) is 0 Å². The van der Waals surface area contributed by atoms with E-state index in [0.717, 1.165) is 0 Å². The van der Waals surface area contributed by atoms with Gasteiger partial charge in [-0.1, -0.05) is 35.4 Å². The zero-order chi connectivity index (χ0) is 5.91. The third-order valence-corrected chi connectivity index (χ3v) is 0.711. The average molecular weight is 139 g/mol. The van der Waals surface area contributed by atoms with Crippen LogP contribution < -0.4 is 0 Å². The van der Waals surface area contributed by atoms with Gasteiger partial charge >= 0.3 is 0 Å². The first-order valence-corrected chi connectivity index (χ1v) is 2.83. The van der Waals surface area contributed by atoms with Crippen LogP contribution in [0.4, 0.5) is 0 Å². The summed E-state index contributed by atoms with van der Waals surface area (Å²) >= 11 is 11.0. The number of halogens is 2. The van der Waals surface area contributed by atoms with Gasteiger partial charge in [0.1, 0.15) is 4.33 Å². The minimum absolute atomic E-state index is 0.686. The summed E-state index contributed by atoms with van der Waals surface area (Å²) in [5.41, 5.74) is 0. The highest BCUT2D eigenvalue weighted by atomic mass is 35.5. The van der Waals surface area contributed by atoms with Crippen LogP contribution in [0.15, 0.2) is 12.2 Å². The van der Waals surface area contributed by atoms with E-state index in [1.807, 2.05) is 13.0 Å². The average Bonchev–Trinajstić information content (AvgIpc) is 1.30. The maximum absolute atomic E-state index is 5.51. The summed E-state index contributed by atoms with van der Waals surface area (Å²) in [4.78, 5) is 0. The summed E-state index contributed by atoms with van der Waals surface area (Å²) < 4.78 is -0.686. The van der Waals surface area contributed by atoms with Crippen molar-refractivity contribution in [2.75, 3.05) is 0 Å². The fourth-order valence-corrected chi connectivity index (χ4v) is 0.545. The fourth-order valence-electron chi connectivity index (χ4n) is 0.293. The lowest BCUT2D eigenvalue weighted by atomic mass is 10.4. The van der Waals surface area contributed by atoms with Gasteiger partial charge in [-0.2, -0.15) is 0 Å². The van der Waals surface area contributed by atoms with Crippen LogP contribution in [0.25, 0.3) is 0 Å². The van der Waals surface area contributed by atoms with Crippen molar-refractivity contribution < 1.29 is 0 Å². The molecule has 0 aliphatic carbocycles. The highest BCUT2D eigenvalue weighted by Crippen LogP contribution is 2.20. The summed E-state index contributed by atoms with van der Waals surface area (Å²) in [5, 5.41) is 0. The van der Waals surface area contributed by atoms with Gasteiger partial charge in [0.15, 0.2) is 0 Å². The second kappa shape index (κ2) is 2.58. The minimum Gasteiger partial charge on any atom is -0.0973 e. The Hall–Kier alpha value is 0.320. The molecule has 0 fully saturated rings. The Balaban J connectivity index is 3.56. The van der Waals surface area contributed by atoms with E-state index in [0.29, 0.717) is 0 Å². The van der Waals surface area contributed by atoms with Crippen LogP contribution in [0.5, 0.6) is 0 Å². The van der Waals surface area contributed by atoms with Crippen molar-refractivity contribution >= 4 is 23.2 Å². The topological polar surface area (TPSA) is 0 Å². The monoisotopic (exact) mass is 138 g/mol. The Bertz CT molecular complexity index is 68.6. The van der Waals surface area contributed by atoms with Gasteiger partial charge in [0, 0.05) is 0 Å². The number of hydrogen-bond acceptors (Lipinski definition) is 0. The van der Waals surface area contributed by atoms with Gasteiger partial charge in [-0.25, -0.2) is 0 Å². The molecule has 0 nitrogen and oxygen atoms in total. The molecule has 0 unspecified atom stereocenters. The molecule has 0 spiro atoms. The zero-order valence-corrected chi connectivity index (χ0v) is 5.92. The van der Waals surface area contributed by atoms with Crippen molar-refractivity contribution in [3.8, 4) is 0 Å². The summed E-state index contributed by atoms with van der Waals surface area (Å²) in [6.07, 6.45) is 3.54. The van der Waals surface area contributed by atoms with Crippen LogP contribution >= 0.6 is 23.2 Å². The first kappa shape index (κ1) is 7.32. The van der Waals surface area contributed by atoms with Crippen LogP contribution in [-0.2, 0) is 0 Å². The van der Waals surface area contributed by atoms with Crippen LogP contribution in [0.3, 0.4) is 0 Å². The van der Waals surface area contributed by atoms with Gasteiger partial charge in [-0.3, -0.25) is 0 Å². The maximum atomic E-state index is 5.51. The summed E-state index contributed by atoms with van der Waals surface area (Å²) in [6, 6.07) is 0. The number of rotatable bonds is 1. The molecule has 0 radical (unpaired) electrons. The molecule has 0 bridgehead atoms. The van der Waals surface area contributed by atoms with Gasteiger partial charge in [0.2, 0.25) is 0 Å². The molecular formula is C5H8Cl2. The third kappa shape index (κ3) is 6.32. The van der Waals surface area contributed by atoms with E-state index in [4.69, 9.17) is 23.2 Å². The van der Waals surface area contributed by atoms with E-state index in [-0.39, 0.29) is 0 Å². The predicted octanol–water partition coefficient (Wildman–Crippen LogP) is 2.76. The smallest absolute Gasteiger partial charge is 0.0973 e. The number of allylic oxidation sites excluding steroid dienone is 2. The molecule has 0 atom stereocenters.